The second-order valence-corrected chi connectivity index (χ2v) is 5.39. The van der Waals surface area contributed by atoms with E-state index in [1.807, 2.05) is 23.8 Å². The van der Waals surface area contributed by atoms with Crippen molar-refractivity contribution in [2.75, 3.05) is 20.1 Å². The third kappa shape index (κ3) is 3.37. The van der Waals surface area contributed by atoms with Gasteiger partial charge in [0.2, 0.25) is 0 Å². The molecule has 2 N–H and O–H groups in total. The van der Waals surface area contributed by atoms with Gasteiger partial charge in [0, 0.05) is 26.2 Å². The number of carbonyl (C=O) groups is 1. The maximum Gasteiger partial charge on any atom is 0.320 e. The summed E-state index contributed by atoms with van der Waals surface area (Å²) in [6, 6.07) is 0.703. The van der Waals surface area contributed by atoms with Crippen molar-refractivity contribution in [3.8, 4) is 0 Å². The Labute approximate surface area is 98.8 Å². The van der Waals surface area contributed by atoms with Crippen molar-refractivity contribution in [1.82, 2.24) is 9.80 Å². The molecule has 0 spiro atoms. The molecule has 1 rings (SSSR count). The maximum atomic E-state index is 11.9. The SMILES string of the molecule is CC(C)CC1CN(CCC(C)N)C(=O)N1C. The van der Waals surface area contributed by atoms with Gasteiger partial charge in [0.1, 0.15) is 0 Å². The van der Waals surface area contributed by atoms with E-state index in [4.69, 9.17) is 5.73 Å². The lowest BCUT2D eigenvalue weighted by Gasteiger charge is -2.19. The molecule has 2 amide bonds. The Balaban J connectivity index is 2.47. The largest absolute Gasteiger partial charge is 0.328 e. The quantitative estimate of drug-likeness (QED) is 0.774. The first kappa shape index (κ1) is 13.3. The molecular formula is C12H25N3O. The van der Waals surface area contributed by atoms with E-state index in [9.17, 15) is 4.79 Å². The zero-order valence-electron chi connectivity index (χ0n) is 10.9. The van der Waals surface area contributed by atoms with Gasteiger partial charge in [0.15, 0.2) is 0 Å². The highest BCUT2D eigenvalue weighted by molar-refractivity contribution is 5.76. The molecule has 0 saturated carbocycles. The van der Waals surface area contributed by atoms with Gasteiger partial charge in [-0.25, -0.2) is 4.79 Å². The Kier molecular flexibility index (Phi) is 4.59. The van der Waals surface area contributed by atoms with E-state index >= 15 is 0 Å². The van der Waals surface area contributed by atoms with Gasteiger partial charge in [-0.15, -0.1) is 0 Å². The van der Waals surface area contributed by atoms with E-state index in [-0.39, 0.29) is 12.1 Å². The summed E-state index contributed by atoms with van der Waals surface area (Å²) < 4.78 is 0. The van der Waals surface area contributed by atoms with Crippen LogP contribution in [-0.2, 0) is 0 Å². The first-order valence-corrected chi connectivity index (χ1v) is 6.19. The Morgan fingerprint density at radius 1 is 1.44 bits per heavy atom. The monoisotopic (exact) mass is 227 g/mol. The van der Waals surface area contributed by atoms with Crippen LogP contribution < -0.4 is 5.73 Å². The van der Waals surface area contributed by atoms with E-state index in [0.717, 1.165) is 25.9 Å². The van der Waals surface area contributed by atoms with Crippen molar-refractivity contribution < 1.29 is 4.79 Å². The molecule has 0 aromatic heterocycles. The summed E-state index contributed by atoms with van der Waals surface area (Å²) in [5.41, 5.74) is 5.71. The molecule has 1 heterocycles. The molecule has 1 saturated heterocycles. The third-order valence-electron chi connectivity index (χ3n) is 3.15. The van der Waals surface area contributed by atoms with E-state index in [1.54, 1.807) is 0 Å². The standard InChI is InChI=1S/C12H25N3O/c1-9(2)7-11-8-15(6-5-10(3)13)12(16)14(11)4/h9-11H,5-8,13H2,1-4H3. The van der Waals surface area contributed by atoms with Crippen LogP contribution >= 0.6 is 0 Å². The fraction of sp³-hybridized carbons (Fsp3) is 0.917. The fourth-order valence-electron chi connectivity index (χ4n) is 2.16. The normalized spacial score (nSPS) is 23.4. The minimum Gasteiger partial charge on any atom is -0.328 e. The van der Waals surface area contributed by atoms with Gasteiger partial charge in [0.25, 0.3) is 0 Å². The second-order valence-electron chi connectivity index (χ2n) is 5.39. The zero-order valence-corrected chi connectivity index (χ0v) is 10.9. The Hall–Kier alpha value is -0.770. The predicted octanol–water partition coefficient (Wildman–Crippen LogP) is 1.51. The van der Waals surface area contributed by atoms with Crippen molar-refractivity contribution in [1.29, 1.82) is 0 Å². The number of amides is 2. The number of rotatable bonds is 5. The fourth-order valence-corrected chi connectivity index (χ4v) is 2.16. The summed E-state index contributed by atoms with van der Waals surface area (Å²) in [6.07, 6.45) is 1.96. The lowest BCUT2D eigenvalue weighted by Crippen LogP contribution is -2.33. The van der Waals surface area contributed by atoms with Crippen LogP contribution in [-0.4, -0.2) is 48.1 Å². The number of carbonyl (C=O) groups excluding carboxylic acids is 1. The van der Waals surface area contributed by atoms with Crippen LogP contribution in [0.3, 0.4) is 0 Å². The Morgan fingerprint density at radius 2 is 2.06 bits per heavy atom. The average Bonchev–Trinajstić information content (AvgIpc) is 2.42. The number of nitrogens with two attached hydrogens (primary N) is 1. The van der Waals surface area contributed by atoms with Crippen LogP contribution in [0.2, 0.25) is 0 Å². The van der Waals surface area contributed by atoms with Gasteiger partial charge in [-0.05, 0) is 25.7 Å². The van der Waals surface area contributed by atoms with Crippen LogP contribution in [0, 0.1) is 5.92 Å². The molecule has 1 aliphatic rings. The van der Waals surface area contributed by atoms with Crippen LogP contribution in [0.1, 0.15) is 33.6 Å². The molecule has 16 heavy (non-hydrogen) atoms. The van der Waals surface area contributed by atoms with E-state index in [2.05, 4.69) is 13.8 Å². The molecule has 0 aromatic carbocycles. The van der Waals surface area contributed by atoms with Crippen LogP contribution in [0.5, 0.6) is 0 Å². The average molecular weight is 227 g/mol. The molecule has 0 aromatic rings. The minimum atomic E-state index is 0.159. The van der Waals surface area contributed by atoms with Gasteiger partial charge < -0.3 is 15.5 Å². The first-order valence-electron chi connectivity index (χ1n) is 6.19. The van der Waals surface area contributed by atoms with Gasteiger partial charge >= 0.3 is 6.03 Å². The molecule has 1 aliphatic heterocycles. The molecule has 0 aliphatic carbocycles. The highest BCUT2D eigenvalue weighted by Gasteiger charge is 2.34. The Bertz CT molecular complexity index is 240. The molecule has 1 fully saturated rings. The molecule has 0 bridgehead atoms. The summed E-state index contributed by atoms with van der Waals surface area (Å²) in [5, 5.41) is 0. The van der Waals surface area contributed by atoms with E-state index in [0.29, 0.717) is 12.0 Å². The molecular weight excluding hydrogens is 202 g/mol. The molecule has 4 heteroatoms. The molecule has 4 nitrogen and oxygen atoms in total. The van der Waals surface area contributed by atoms with Crippen molar-refractivity contribution in [3.63, 3.8) is 0 Å². The predicted molar refractivity (Wildman–Crippen MR) is 66.2 cm³/mol. The van der Waals surface area contributed by atoms with Crippen molar-refractivity contribution >= 4 is 6.03 Å². The lowest BCUT2D eigenvalue weighted by molar-refractivity contribution is 0.193. The second kappa shape index (κ2) is 5.53. The maximum absolute atomic E-state index is 11.9. The van der Waals surface area contributed by atoms with Crippen LogP contribution in [0.4, 0.5) is 4.79 Å². The molecule has 2 atom stereocenters. The lowest BCUT2D eigenvalue weighted by atomic mass is 10.0. The number of hydrogen-bond donors (Lipinski definition) is 1. The Morgan fingerprint density at radius 3 is 2.56 bits per heavy atom. The van der Waals surface area contributed by atoms with E-state index < -0.39 is 0 Å². The number of urea groups is 1. The topological polar surface area (TPSA) is 49.6 Å². The summed E-state index contributed by atoms with van der Waals surface area (Å²) in [5.74, 6) is 0.633. The first-order chi connectivity index (χ1) is 7.41. The van der Waals surface area contributed by atoms with E-state index in [1.165, 1.54) is 0 Å². The van der Waals surface area contributed by atoms with Crippen LogP contribution in [0.15, 0.2) is 0 Å². The highest BCUT2D eigenvalue weighted by Crippen LogP contribution is 2.20. The summed E-state index contributed by atoms with van der Waals surface area (Å²) in [4.78, 5) is 15.7. The van der Waals surface area contributed by atoms with Gasteiger partial charge in [-0.1, -0.05) is 13.8 Å². The number of likely N-dealkylation sites (N-methyl/N-ethyl adjacent to an activating group) is 1. The molecule has 0 radical (unpaired) electrons. The van der Waals surface area contributed by atoms with Crippen molar-refractivity contribution in [2.45, 2.75) is 45.7 Å². The van der Waals surface area contributed by atoms with Crippen molar-refractivity contribution in [2.24, 2.45) is 11.7 Å². The van der Waals surface area contributed by atoms with Crippen LogP contribution in [0.25, 0.3) is 0 Å². The van der Waals surface area contributed by atoms with Gasteiger partial charge in [-0.3, -0.25) is 0 Å². The van der Waals surface area contributed by atoms with Crippen molar-refractivity contribution in [3.05, 3.63) is 0 Å². The zero-order chi connectivity index (χ0) is 12.3. The summed E-state index contributed by atoms with van der Waals surface area (Å²) >= 11 is 0. The number of nitrogens with zero attached hydrogens (tertiary/aromatic N) is 2. The number of hydrogen-bond acceptors (Lipinski definition) is 2. The molecule has 94 valence electrons. The smallest absolute Gasteiger partial charge is 0.320 e. The van der Waals surface area contributed by atoms with Gasteiger partial charge in [-0.2, -0.15) is 0 Å². The summed E-state index contributed by atoms with van der Waals surface area (Å²) in [7, 11) is 1.90. The minimum absolute atomic E-state index is 0.159. The summed E-state index contributed by atoms with van der Waals surface area (Å²) in [6.45, 7) is 8.03. The third-order valence-corrected chi connectivity index (χ3v) is 3.15. The van der Waals surface area contributed by atoms with Gasteiger partial charge in [0.05, 0.1) is 6.04 Å². The molecule has 2 unspecified atom stereocenters. The highest BCUT2D eigenvalue weighted by atomic mass is 16.2.